The van der Waals surface area contributed by atoms with E-state index < -0.39 is 5.91 Å². The van der Waals surface area contributed by atoms with Gasteiger partial charge in [0.05, 0.1) is 0 Å². The molecule has 0 atom stereocenters. The van der Waals surface area contributed by atoms with E-state index >= 15 is 0 Å². The van der Waals surface area contributed by atoms with Crippen LogP contribution in [0.25, 0.3) is 0 Å². The molecule has 2 radical (unpaired) electrons. The highest BCUT2D eigenvalue weighted by atomic mass is 16.1. The van der Waals surface area contributed by atoms with Crippen LogP contribution in [-0.4, -0.2) is 5.91 Å². The number of amides is 1. The Labute approximate surface area is 81.9 Å². The highest BCUT2D eigenvalue weighted by Crippen LogP contribution is 2.09. The predicted octanol–water partition coefficient (Wildman–Crippen LogP) is 3.14. The summed E-state index contributed by atoms with van der Waals surface area (Å²) in [4.78, 5) is 10.3. The minimum Gasteiger partial charge on any atom is -0.273 e. The van der Waals surface area contributed by atoms with E-state index in [1.165, 1.54) is 32.1 Å². The van der Waals surface area contributed by atoms with Gasteiger partial charge >= 0.3 is 0 Å². The molecule has 0 aromatic rings. The van der Waals surface area contributed by atoms with Crippen LogP contribution in [-0.2, 0) is 4.79 Å². The minimum absolute atomic E-state index is 0.419. The van der Waals surface area contributed by atoms with E-state index in [4.69, 9.17) is 5.73 Å². The van der Waals surface area contributed by atoms with Gasteiger partial charge in [-0.25, -0.2) is 0 Å². The maximum absolute atomic E-state index is 10.3. The lowest BCUT2D eigenvalue weighted by molar-refractivity contribution is -0.118. The summed E-state index contributed by atoms with van der Waals surface area (Å²) in [5.41, 5.74) is 6.70. The smallest absolute Gasteiger partial charge is 0.238 e. The molecule has 0 aromatic heterocycles. The number of unbranched alkanes of at least 4 members (excludes halogenated alkanes) is 7. The Morgan fingerprint density at radius 2 is 1.38 bits per heavy atom. The quantitative estimate of drug-likeness (QED) is 0.506. The Balaban J connectivity index is 2.87. The Kier molecular flexibility index (Phi) is 9.17. The van der Waals surface area contributed by atoms with Gasteiger partial charge < -0.3 is 0 Å². The molecule has 76 valence electrons. The summed E-state index contributed by atoms with van der Waals surface area (Å²) in [6.45, 7) is 3.79. The van der Waals surface area contributed by atoms with Crippen molar-refractivity contribution < 1.29 is 4.79 Å². The van der Waals surface area contributed by atoms with Crippen LogP contribution < -0.4 is 5.73 Å². The molecule has 0 bridgehead atoms. The number of nitrogens with one attached hydrogen (secondary N) is 1. The van der Waals surface area contributed by atoms with Gasteiger partial charge in [-0.2, -0.15) is 0 Å². The maximum atomic E-state index is 10.3. The van der Waals surface area contributed by atoms with Crippen molar-refractivity contribution in [3.05, 3.63) is 6.92 Å². The molecule has 0 spiro atoms. The molecule has 2 heteroatoms. The summed E-state index contributed by atoms with van der Waals surface area (Å²) in [5.74, 6) is -0.419. The molecule has 13 heavy (non-hydrogen) atoms. The highest BCUT2D eigenvalue weighted by Gasteiger charge is 1.95. The summed E-state index contributed by atoms with van der Waals surface area (Å²) in [5, 5.41) is 0. The third-order valence-electron chi connectivity index (χ3n) is 2.15. The normalized spacial score (nSPS) is 10.2. The Hall–Kier alpha value is -0.530. The summed E-state index contributed by atoms with van der Waals surface area (Å²) >= 11 is 0. The molecule has 0 saturated carbocycles. The summed E-state index contributed by atoms with van der Waals surface area (Å²) in [7, 11) is 0. The number of rotatable bonds is 9. The molecule has 0 unspecified atom stereocenters. The zero-order chi connectivity index (χ0) is 9.94. The third-order valence-corrected chi connectivity index (χ3v) is 2.15. The highest BCUT2D eigenvalue weighted by molar-refractivity contribution is 5.72. The zero-order valence-corrected chi connectivity index (χ0v) is 8.48. The number of carbonyl (C=O) groups excluding carboxylic acids is 1. The topological polar surface area (TPSA) is 40.9 Å². The van der Waals surface area contributed by atoms with Crippen LogP contribution in [0, 0.1) is 6.92 Å². The summed E-state index contributed by atoms with van der Waals surface area (Å²) < 4.78 is 0. The first-order valence-corrected chi connectivity index (χ1v) is 5.31. The molecular weight excluding hydrogens is 162 g/mol. The molecule has 0 aromatic carbocycles. The molecule has 0 heterocycles. The van der Waals surface area contributed by atoms with Crippen molar-refractivity contribution >= 4 is 5.91 Å². The van der Waals surface area contributed by atoms with Crippen LogP contribution in [0.1, 0.15) is 57.8 Å². The lowest BCUT2D eigenvalue weighted by atomic mass is 10.1. The van der Waals surface area contributed by atoms with Gasteiger partial charge in [-0.1, -0.05) is 51.9 Å². The molecule has 0 aliphatic rings. The summed E-state index contributed by atoms with van der Waals surface area (Å²) in [6, 6.07) is 0. The molecule has 0 fully saturated rings. The van der Waals surface area contributed by atoms with E-state index in [1.807, 2.05) is 0 Å². The molecular formula is C11H21NO. The number of hydrogen-bond acceptors (Lipinski definition) is 1. The van der Waals surface area contributed by atoms with E-state index in [9.17, 15) is 4.79 Å². The largest absolute Gasteiger partial charge is 0.273 e. The second-order valence-electron chi connectivity index (χ2n) is 3.50. The number of carbonyl (C=O) groups is 1. The Morgan fingerprint density at radius 1 is 0.923 bits per heavy atom. The van der Waals surface area contributed by atoms with Crippen molar-refractivity contribution in [1.29, 1.82) is 0 Å². The maximum Gasteiger partial charge on any atom is 0.238 e. The van der Waals surface area contributed by atoms with Gasteiger partial charge in [0.2, 0.25) is 5.91 Å². The van der Waals surface area contributed by atoms with Crippen molar-refractivity contribution in [2.24, 2.45) is 0 Å². The second-order valence-corrected chi connectivity index (χ2v) is 3.50. The van der Waals surface area contributed by atoms with Gasteiger partial charge in [0, 0.05) is 6.42 Å². The SMILES string of the molecule is [CH2]CCCCCCCCCC([NH])=O. The van der Waals surface area contributed by atoms with Gasteiger partial charge in [0.15, 0.2) is 0 Å². The first kappa shape index (κ1) is 12.5. The third kappa shape index (κ3) is 11.5. The fourth-order valence-corrected chi connectivity index (χ4v) is 1.35. The van der Waals surface area contributed by atoms with E-state index in [0.29, 0.717) is 6.42 Å². The first-order chi connectivity index (χ1) is 6.27. The predicted molar refractivity (Wildman–Crippen MR) is 55.0 cm³/mol. The van der Waals surface area contributed by atoms with Gasteiger partial charge in [0.1, 0.15) is 0 Å². The fraction of sp³-hybridized carbons (Fsp3) is 0.818. The van der Waals surface area contributed by atoms with Crippen molar-refractivity contribution in [3.63, 3.8) is 0 Å². The van der Waals surface area contributed by atoms with Crippen LogP contribution in [0.5, 0.6) is 0 Å². The molecule has 0 saturated heterocycles. The van der Waals surface area contributed by atoms with E-state index in [-0.39, 0.29) is 0 Å². The second kappa shape index (κ2) is 9.56. The van der Waals surface area contributed by atoms with Crippen LogP contribution in [0.2, 0.25) is 0 Å². The molecule has 0 rings (SSSR count). The average Bonchev–Trinajstić information content (AvgIpc) is 2.09. The van der Waals surface area contributed by atoms with Crippen molar-refractivity contribution in [2.75, 3.05) is 0 Å². The fourth-order valence-electron chi connectivity index (χ4n) is 1.35. The van der Waals surface area contributed by atoms with Crippen LogP contribution in [0.4, 0.5) is 0 Å². The lowest BCUT2D eigenvalue weighted by Gasteiger charge is -1.99. The average molecular weight is 183 g/mol. The van der Waals surface area contributed by atoms with Gasteiger partial charge in [-0.05, 0) is 6.42 Å². The van der Waals surface area contributed by atoms with Gasteiger partial charge in [-0.3, -0.25) is 10.5 Å². The van der Waals surface area contributed by atoms with E-state index in [1.54, 1.807) is 0 Å². The van der Waals surface area contributed by atoms with Crippen LogP contribution in [0.3, 0.4) is 0 Å². The Morgan fingerprint density at radius 3 is 1.85 bits per heavy atom. The molecule has 0 aliphatic carbocycles. The summed E-state index contributed by atoms with van der Waals surface area (Å²) in [6.07, 6.45) is 9.81. The number of hydrogen-bond donors (Lipinski definition) is 0. The van der Waals surface area contributed by atoms with Crippen molar-refractivity contribution in [2.45, 2.75) is 57.8 Å². The molecule has 2 nitrogen and oxygen atoms in total. The first-order valence-electron chi connectivity index (χ1n) is 5.31. The van der Waals surface area contributed by atoms with Gasteiger partial charge in [-0.15, -0.1) is 0 Å². The minimum atomic E-state index is -0.419. The molecule has 1 N–H and O–H groups in total. The molecule has 0 aliphatic heterocycles. The van der Waals surface area contributed by atoms with E-state index in [0.717, 1.165) is 19.3 Å². The zero-order valence-electron chi connectivity index (χ0n) is 8.48. The van der Waals surface area contributed by atoms with Crippen LogP contribution >= 0.6 is 0 Å². The standard InChI is InChI=1S/C11H21NO/c1-2-3-4-5-6-7-8-9-10-11(12)13/h12H,1-10H2. The molecule has 1 amide bonds. The Bertz CT molecular complexity index is 123. The lowest BCUT2D eigenvalue weighted by Crippen LogP contribution is -1.96. The van der Waals surface area contributed by atoms with E-state index in [2.05, 4.69) is 6.92 Å². The van der Waals surface area contributed by atoms with Crippen molar-refractivity contribution in [1.82, 2.24) is 5.73 Å². The van der Waals surface area contributed by atoms with Gasteiger partial charge in [0.25, 0.3) is 0 Å². The van der Waals surface area contributed by atoms with Crippen molar-refractivity contribution in [3.8, 4) is 0 Å². The monoisotopic (exact) mass is 183 g/mol. The van der Waals surface area contributed by atoms with Crippen LogP contribution in [0.15, 0.2) is 0 Å².